The summed E-state index contributed by atoms with van der Waals surface area (Å²) in [5.74, 6) is 0. The average Bonchev–Trinajstić information content (AvgIpc) is 2.45. The van der Waals surface area contributed by atoms with Crippen molar-refractivity contribution in [2.24, 2.45) is 0 Å². The summed E-state index contributed by atoms with van der Waals surface area (Å²) in [6, 6.07) is 0. The molecule has 0 saturated heterocycles. The summed E-state index contributed by atoms with van der Waals surface area (Å²) < 4.78 is 0. The van der Waals surface area contributed by atoms with Crippen molar-refractivity contribution in [1.29, 1.82) is 0 Å². The highest BCUT2D eigenvalue weighted by atomic mass is 32.1. The lowest BCUT2D eigenvalue weighted by molar-refractivity contribution is 0.684. The Morgan fingerprint density at radius 3 is 2.85 bits per heavy atom. The first-order valence-corrected chi connectivity index (χ1v) is 5.51. The van der Waals surface area contributed by atoms with Crippen molar-refractivity contribution in [3.8, 4) is 0 Å². The molecule has 0 unspecified atom stereocenters. The molecule has 0 fully saturated rings. The summed E-state index contributed by atoms with van der Waals surface area (Å²) in [6.45, 7) is 10.1. The van der Waals surface area contributed by atoms with Gasteiger partial charge in [-0.15, -0.1) is 6.58 Å². The van der Waals surface area contributed by atoms with E-state index in [-0.39, 0.29) is 0 Å². The molecule has 0 radical (unpaired) electrons. The van der Waals surface area contributed by atoms with Crippen LogP contribution in [0.1, 0.15) is 24.5 Å². The van der Waals surface area contributed by atoms with Crippen molar-refractivity contribution >= 4 is 11.3 Å². The minimum atomic E-state index is 0.989. The summed E-state index contributed by atoms with van der Waals surface area (Å²) >= 11 is 1.77. The van der Waals surface area contributed by atoms with E-state index in [0.717, 1.165) is 19.5 Å². The summed E-state index contributed by atoms with van der Waals surface area (Å²) in [6.07, 6.45) is 1.07. The Bertz CT molecular complexity index is 275. The first-order chi connectivity index (χ1) is 6.20. The predicted octanol–water partition coefficient (Wildman–Crippen LogP) is 3.11. The highest BCUT2D eigenvalue weighted by molar-refractivity contribution is 7.08. The molecular weight excluding hydrogens is 178 g/mol. The molecule has 13 heavy (non-hydrogen) atoms. The second-order valence-corrected chi connectivity index (χ2v) is 4.21. The quantitative estimate of drug-likeness (QED) is 0.562. The van der Waals surface area contributed by atoms with Crippen LogP contribution in [0.2, 0.25) is 0 Å². The maximum absolute atomic E-state index is 3.87. The normalized spacial score (nSPS) is 10.3. The number of hydrogen-bond acceptors (Lipinski definition) is 2. The number of rotatable bonds is 5. The fourth-order valence-corrected chi connectivity index (χ4v) is 1.95. The van der Waals surface area contributed by atoms with Crippen molar-refractivity contribution < 1.29 is 0 Å². The highest BCUT2D eigenvalue weighted by Gasteiger charge is 1.97. The van der Waals surface area contributed by atoms with Crippen LogP contribution in [-0.2, 0) is 6.54 Å². The molecule has 2 heteroatoms. The van der Waals surface area contributed by atoms with E-state index in [1.165, 1.54) is 16.7 Å². The van der Waals surface area contributed by atoms with Crippen LogP contribution in [0.5, 0.6) is 0 Å². The Labute approximate surface area is 84.5 Å². The highest BCUT2D eigenvalue weighted by Crippen LogP contribution is 2.12. The summed E-state index contributed by atoms with van der Waals surface area (Å²) in [5.41, 5.74) is 4.06. The van der Waals surface area contributed by atoms with Crippen molar-refractivity contribution in [1.82, 2.24) is 5.32 Å². The molecule has 0 aliphatic rings. The molecule has 0 saturated carbocycles. The van der Waals surface area contributed by atoms with Crippen LogP contribution < -0.4 is 5.32 Å². The van der Waals surface area contributed by atoms with Gasteiger partial charge in [-0.1, -0.05) is 5.57 Å². The third kappa shape index (κ3) is 3.75. The minimum Gasteiger partial charge on any atom is -0.312 e. The largest absolute Gasteiger partial charge is 0.312 e. The molecule has 1 N–H and O–H groups in total. The third-order valence-corrected chi connectivity index (χ3v) is 2.92. The molecule has 0 atom stereocenters. The van der Waals surface area contributed by atoms with Crippen molar-refractivity contribution in [3.63, 3.8) is 0 Å². The van der Waals surface area contributed by atoms with Crippen molar-refractivity contribution in [2.75, 3.05) is 6.54 Å². The van der Waals surface area contributed by atoms with E-state index in [1.807, 2.05) is 0 Å². The molecule has 1 heterocycles. The van der Waals surface area contributed by atoms with E-state index in [1.54, 1.807) is 11.3 Å². The summed E-state index contributed by atoms with van der Waals surface area (Å²) in [7, 11) is 0. The van der Waals surface area contributed by atoms with Gasteiger partial charge in [0.2, 0.25) is 0 Å². The fraction of sp³-hybridized carbons (Fsp3) is 0.455. The Hall–Kier alpha value is -0.600. The van der Waals surface area contributed by atoms with Crippen molar-refractivity contribution in [3.05, 3.63) is 34.0 Å². The van der Waals surface area contributed by atoms with E-state index in [9.17, 15) is 0 Å². The molecular formula is C11H17NS. The van der Waals surface area contributed by atoms with Gasteiger partial charge in [-0.05, 0) is 48.7 Å². The molecule has 1 aromatic heterocycles. The van der Waals surface area contributed by atoms with Gasteiger partial charge in [0.25, 0.3) is 0 Å². The number of hydrogen-bond donors (Lipinski definition) is 1. The minimum absolute atomic E-state index is 0.989. The zero-order chi connectivity index (χ0) is 9.68. The maximum atomic E-state index is 3.87. The molecule has 1 aromatic rings. The summed E-state index contributed by atoms with van der Waals surface area (Å²) in [4.78, 5) is 0. The first-order valence-electron chi connectivity index (χ1n) is 4.57. The van der Waals surface area contributed by atoms with Gasteiger partial charge < -0.3 is 5.32 Å². The van der Waals surface area contributed by atoms with E-state index >= 15 is 0 Å². The smallest absolute Gasteiger partial charge is 0.0216 e. The number of thiophene rings is 1. The Balaban J connectivity index is 2.20. The lowest BCUT2D eigenvalue weighted by Gasteiger charge is -2.03. The molecule has 0 spiro atoms. The molecule has 0 bridgehead atoms. The van der Waals surface area contributed by atoms with E-state index < -0.39 is 0 Å². The van der Waals surface area contributed by atoms with Crippen LogP contribution in [0.3, 0.4) is 0 Å². The average molecular weight is 195 g/mol. The van der Waals surface area contributed by atoms with Gasteiger partial charge in [-0.2, -0.15) is 11.3 Å². The molecule has 0 aliphatic heterocycles. The van der Waals surface area contributed by atoms with Crippen molar-refractivity contribution in [2.45, 2.75) is 26.8 Å². The predicted molar refractivity (Wildman–Crippen MR) is 60.2 cm³/mol. The van der Waals surface area contributed by atoms with Crippen LogP contribution in [0.15, 0.2) is 22.9 Å². The van der Waals surface area contributed by atoms with E-state index in [4.69, 9.17) is 0 Å². The standard InChI is InChI=1S/C11H17NS/c1-9(2)4-5-12-6-11-8-13-7-10(11)3/h7-8,12H,1,4-6H2,2-3H3. The Morgan fingerprint density at radius 1 is 1.54 bits per heavy atom. The van der Waals surface area contributed by atoms with E-state index in [2.05, 4.69) is 36.5 Å². The molecule has 0 amide bonds. The van der Waals surface area contributed by atoms with Gasteiger partial charge in [-0.25, -0.2) is 0 Å². The molecule has 0 aliphatic carbocycles. The van der Waals surface area contributed by atoms with E-state index in [0.29, 0.717) is 0 Å². The Morgan fingerprint density at radius 2 is 2.31 bits per heavy atom. The molecule has 1 nitrogen and oxygen atoms in total. The first kappa shape index (κ1) is 10.5. The summed E-state index contributed by atoms with van der Waals surface area (Å²) in [5, 5.41) is 7.81. The monoisotopic (exact) mass is 195 g/mol. The lowest BCUT2D eigenvalue weighted by atomic mass is 10.2. The second-order valence-electron chi connectivity index (χ2n) is 3.46. The number of aryl methyl sites for hydroxylation is 1. The van der Waals surface area contributed by atoms with Gasteiger partial charge >= 0.3 is 0 Å². The zero-order valence-corrected chi connectivity index (χ0v) is 9.21. The van der Waals surface area contributed by atoms with Crippen LogP contribution >= 0.6 is 11.3 Å². The molecule has 72 valence electrons. The van der Waals surface area contributed by atoms with Crippen LogP contribution in [0.4, 0.5) is 0 Å². The van der Waals surface area contributed by atoms with Crippen LogP contribution in [-0.4, -0.2) is 6.54 Å². The molecule has 1 rings (SSSR count). The SMILES string of the molecule is C=C(C)CCNCc1cscc1C. The van der Waals surface area contributed by atoms with Gasteiger partial charge in [0.05, 0.1) is 0 Å². The van der Waals surface area contributed by atoms with Gasteiger partial charge in [0.1, 0.15) is 0 Å². The Kier molecular flexibility index (Phi) is 4.19. The van der Waals surface area contributed by atoms with Gasteiger partial charge in [0.15, 0.2) is 0 Å². The van der Waals surface area contributed by atoms with Crippen LogP contribution in [0.25, 0.3) is 0 Å². The zero-order valence-electron chi connectivity index (χ0n) is 8.39. The maximum Gasteiger partial charge on any atom is 0.0216 e. The van der Waals surface area contributed by atoms with Gasteiger partial charge in [-0.3, -0.25) is 0 Å². The van der Waals surface area contributed by atoms with Crippen LogP contribution in [0, 0.1) is 6.92 Å². The van der Waals surface area contributed by atoms with Gasteiger partial charge in [0, 0.05) is 6.54 Å². The topological polar surface area (TPSA) is 12.0 Å². The third-order valence-electron chi connectivity index (χ3n) is 2.01. The molecule has 0 aromatic carbocycles. The fourth-order valence-electron chi connectivity index (χ4n) is 1.09. The second kappa shape index (κ2) is 5.20. The number of nitrogens with one attached hydrogen (secondary N) is 1. The lowest BCUT2D eigenvalue weighted by Crippen LogP contribution is -2.14.